The van der Waals surface area contributed by atoms with E-state index in [1.807, 2.05) is 0 Å². The van der Waals surface area contributed by atoms with Gasteiger partial charge in [-0.05, 0) is 37.1 Å². The Labute approximate surface area is 106 Å². The second-order valence-corrected chi connectivity index (χ2v) is 3.57. The van der Waals surface area contributed by atoms with E-state index in [4.69, 9.17) is 9.47 Å². The summed E-state index contributed by atoms with van der Waals surface area (Å²) >= 11 is 0. The Morgan fingerprint density at radius 1 is 1.44 bits per heavy atom. The number of aldehydes is 1. The largest absolute Gasteiger partial charge is 0.482 e. The average Bonchev–Trinajstić information content (AvgIpc) is 2.38. The number of rotatable bonds is 7. The van der Waals surface area contributed by atoms with Crippen LogP contribution in [0.1, 0.15) is 22.8 Å². The molecule has 96 valence electrons. The first kappa shape index (κ1) is 14.0. The molecule has 0 atom stereocenters. The predicted octanol–water partition coefficient (Wildman–Crippen LogP) is 2.17. The van der Waals surface area contributed by atoms with Crippen molar-refractivity contribution < 1.29 is 19.1 Å². The van der Waals surface area contributed by atoms with E-state index in [1.54, 1.807) is 31.2 Å². The topological polar surface area (TPSA) is 52.6 Å². The average molecular weight is 248 g/mol. The smallest absolute Gasteiger partial charge is 0.344 e. The van der Waals surface area contributed by atoms with Gasteiger partial charge < -0.3 is 9.47 Å². The van der Waals surface area contributed by atoms with Crippen LogP contribution in [0.3, 0.4) is 0 Å². The van der Waals surface area contributed by atoms with Crippen LogP contribution in [0.5, 0.6) is 5.75 Å². The zero-order valence-corrected chi connectivity index (χ0v) is 10.3. The van der Waals surface area contributed by atoms with Gasteiger partial charge in [-0.1, -0.05) is 6.08 Å². The summed E-state index contributed by atoms with van der Waals surface area (Å²) < 4.78 is 10.1. The van der Waals surface area contributed by atoms with Crippen molar-refractivity contribution >= 4 is 12.3 Å². The maximum absolute atomic E-state index is 11.2. The molecule has 0 N–H and O–H groups in total. The molecule has 0 aromatic heterocycles. The molecule has 0 unspecified atom stereocenters. The van der Waals surface area contributed by atoms with Gasteiger partial charge in [0.15, 0.2) is 6.61 Å². The van der Waals surface area contributed by atoms with Crippen molar-refractivity contribution in [3.8, 4) is 5.75 Å². The second kappa shape index (κ2) is 7.27. The molecule has 0 bridgehead atoms. The third kappa shape index (κ3) is 4.05. The second-order valence-electron chi connectivity index (χ2n) is 3.57. The van der Waals surface area contributed by atoms with Crippen molar-refractivity contribution in [2.24, 2.45) is 0 Å². The van der Waals surface area contributed by atoms with E-state index in [2.05, 4.69) is 6.58 Å². The first-order valence-electron chi connectivity index (χ1n) is 5.68. The lowest BCUT2D eigenvalue weighted by molar-refractivity contribution is -0.145. The molecule has 0 aliphatic heterocycles. The van der Waals surface area contributed by atoms with Crippen molar-refractivity contribution in [3.63, 3.8) is 0 Å². The quantitative estimate of drug-likeness (QED) is 0.421. The highest BCUT2D eigenvalue weighted by molar-refractivity contribution is 5.76. The molecule has 0 fully saturated rings. The van der Waals surface area contributed by atoms with Crippen LogP contribution in [0.2, 0.25) is 0 Å². The van der Waals surface area contributed by atoms with Gasteiger partial charge in [-0.3, -0.25) is 4.79 Å². The molecule has 4 heteroatoms. The highest BCUT2D eigenvalue weighted by atomic mass is 16.6. The Bertz CT molecular complexity index is 437. The van der Waals surface area contributed by atoms with Gasteiger partial charge in [0.1, 0.15) is 12.0 Å². The van der Waals surface area contributed by atoms with Crippen LogP contribution >= 0.6 is 0 Å². The van der Waals surface area contributed by atoms with Gasteiger partial charge >= 0.3 is 5.97 Å². The van der Waals surface area contributed by atoms with E-state index >= 15 is 0 Å². The van der Waals surface area contributed by atoms with Gasteiger partial charge in [0.2, 0.25) is 0 Å². The summed E-state index contributed by atoms with van der Waals surface area (Å²) in [5, 5.41) is 0. The van der Waals surface area contributed by atoms with Gasteiger partial charge in [-0.25, -0.2) is 4.79 Å². The lowest BCUT2D eigenvalue weighted by atomic mass is 10.1. The Hall–Kier alpha value is -2.10. The van der Waals surface area contributed by atoms with Crippen molar-refractivity contribution in [1.29, 1.82) is 0 Å². The number of esters is 1. The van der Waals surface area contributed by atoms with Crippen molar-refractivity contribution in [2.45, 2.75) is 13.3 Å². The highest BCUT2D eigenvalue weighted by Crippen LogP contribution is 2.20. The third-order valence-electron chi connectivity index (χ3n) is 2.24. The number of hydrogen-bond donors (Lipinski definition) is 0. The molecule has 0 radical (unpaired) electrons. The number of benzene rings is 1. The maximum atomic E-state index is 11.2. The van der Waals surface area contributed by atoms with Gasteiger partial charge in [-0.2, -0.15) is 0 Å². The molecular formula is C14H16O4. The third-order valence-corrected chi connectivity index (χ3v) is 2.24. The summed E-state index contributed by atoms with van der Waals surface area (Å²) in [6.07, 6.45) is 3.04. The number of allylic oxidation sites excluding steroid dienone is 1. The van der Waals surface area contributed by atoms with Crippen LogP contribution < -0.4 is 4.74 Å². The standard InChI is InChI=1S/C14H16O4/c1-3-5-12-8-11(9-15)6-7-13(12)18-10-14(16)17-4-2/h3,6-9H,1,4-5,10H2,2H3. The van der Waals surface area contributed by atoms with Crippen LogP contribution in [0.15, 0.2) is 30.9 Å². The van der Waals surface area contributed by atoms with E-state index < -0.39 is 5.97 Å². The Balaban J connectivity index is 2.77. The molecule has 0 aliphatic rings. The summed E-state index contributed by atoms with van der Waals surface area (Å²) in [7, 11) is 0. The minimum Gasteiger partial charge on any atom is -0.482 e. The number of carbonyl (C=O) groups is 2. The summed E-state index contributed by atoms with van der Waals surface area (Å²) in [5.41, 5.74) is 1.38. The minimum absolute atomic E-state index is 0.140. The summed E-state index contributed by atoms with van der Waals surface area (Å²) in [6, 6.07) is 5.02. The molecule has 0 amide bonds. The van der Waals surface area contributed by atoms with Crippen LogP contribution in [-0.2, 0) is 16.0 Å². The number of carbonyl (C=O) groups excluding carboxylic acids is 2. The lowest BCUT2D eigenvalue weighted by Gasteiger charge is -2.10. The maximum Gasteiger partial charge on any atom is 0.344 e. The Morgan fingerprint density at radius 3 is 2.83 bits per heavy atom. The van der Waals surface area contributed by atoms with E-state index in [-0.39, 0.29) is 6.61 Å². The van der Waals surface area contributed by atoms with Gasteiger partial charge in [0.05, 0.1) is 6.61 Å². The van der Waals surface area contributed by atoms with Crippen LogP contribution in [0.4, 0.5) is 0 Å². The van der Waals surface area contributed by atoms with Crippen LogP contribution in [0, 0.1) is 0 Å². The fourth-order valence-corrected chi connectivity index (χ4v) is 1.47. The van der Waals surface area contributed by atoms with Crippen molar-refractivity contribution in [3.05, 3.63) is 42.0 Å². The number of hydrogen-bond acceptors (Lipinski definition) is 4. The van der Waals surface area contributed by atoms with Crippen LogP contribution in [-0.4, -0.2) is 25.5 Å². The normalized spacial score (nSPS) is 9.61. The fraction of sp³-hybridized carbons (Fsp3) is 0.286. The zero-order chi connectivity index (χ0) is 13.4. The van der Waals surface area contributed by atoms with E-state index in [1.165, 1.54) is 0 Å². The molecule has 1 aromatic rings. The SMILES string of the molecule is C=CCc1cc(C=O)ccc1OCC(=O)OCC. The molecule has 1 rings (SSSR count). The van der Waals surface area contributed by atoms with Crippen molar-refractivity contribution in [2.75, 3.05) is 13.2 Å². The molecule has 0 spiro atoms. The molecular weight excluding hydrogens is 232 g/mol. The van der Waals surface area contributed by atoms with E-state index in [0.717, 1.165) is 11.8 Å². The van der Waals surface area contributed by atoms with Gasteiger partial charge in [-0.15, -0.1) is 6.58 Å². The molecule has 0 saturated heterocycles. The Kier molecular flexibility index (Phi) is 5.64. The zero-order valence-electron chi connectivity index (χ0n) is 10.3. The molecule has 18 heavy (non-hydrogen) atoms. The fourth-order valence-electron chi connectivity index (χ4n) is 1.47. The highest BCUT2D eigenvalue weighted by Gasteiger charge is 2.07. The minimum atomic E-state index is -0.415. The first-order valence-corrected chi connectivity index (χ1v) is 5.68. The molecule has 4 nitrogen and oxygen atoms in total. The lowest BCUT2D eigenvalue weighted by Crippen LogP contribution is -2.15. The van der Waals surface area contributed by atoms with Gasteiger partial charge in [0.25, 0.3) is 0 Å². The molecule has 0 aliphatic carbocycles. The molecule has 1 aromatic carbocycles. The predicted molar refractivity (Wildman–Crippen MR) is 67.9 cm³/mol. The van der Waals surface area contributed by atoms with Crippen molar-refractivity contribution in [1.82, 2.24) is 0 Å². The molecule has 0 heterocycles. The molecule has 0 saturated carbocycles. The Morgan fingerprint density at radius 2 is 2.22 bits per heavy atom. The summed E-state index contributed by atoms with van der Waals surface area (Å²) in [4.78, 5) is 21.9. The van der Waals surface area contributed by atoms with Crippen LogP contribution in [0.25, 0.3) is 0 Å². The van der Waals surface area contributed by atoms with E-state index in [9.17, 15) is 9.59 Å². The van der Waals surface area contributed by atoms with Gasteiger partial charge in [0, 0.05) is 5.56 Å². The summed E-state index contributed by atoms with van der Waals surface area (Å²) in [6.45, 7) is 5.56. The summed E-state index contributed by atoms with van der Waals surface area (Å²) in [5.74, 6) is 0.148. The number of ether oxygens (including phenoxy) is 2. The first-order chi connectivity index (χ1) is 8.71. The monoisotopic (exact) mass is 248 g/mol. The van der Waals surface area contributed by atoms with E-state index in [0.29, 0.717) is 24.3 Å².